The van der Waals surface area contributed by atoms with Gasteiger partial charge >= 0.3 is 5.97 Å². The number of nitrogens with zero attached hydrogens (tertiary/aromatic N) is 2. The van der Waals surface area contributed by atoms with Crippen LogP contribution in [0.1, 0.15) is 25.6 Å². The molecular formula is C8H13N3O3. The lowest BCUT2D eigenvalue weighted by Crippen LogP contribution is -2.46. The van der Waals surface area contributed by atoms with Gasteiger partial charge in [-0.3, -0.25) is 10.1 Å². The predicted molar refractivity (Wildman–Crippen MR) is 47.6 cm³/mol. The minimum absolute atomic E-state index is 0.250. The second-order valence-corrected chi connectivity index (χ2v) is 3.52. The van der Waals surface area contributed by atoms with Crippen molar-refractivity contribution >= 4 is 5.97 Å². The summed E-state index contributed by atoms with van der Waals surface area (Å²) in [6, 6.07) is 0. The summed E-state index contributed by atoms with van der Waals surface area (Å²) in [5.74, 6) is 0.000457. The number of carboxylic acids is 1. The van der Waals surface area contributed by atoms with Crippen LogP contribution < -0.4 is 5.32 Å². The van der Waals surface area contributed by atoms with Crippen LogP contribution in [-0.2, 0) is 11.3 Å². The first-order chi connectivity index (χ1) is 6.42. The van der Waals surface area contributed by atoms with Gasteiger partial charge in [-0.05, 0) is 20.8 Å². The molecule has 0 aliphatic heterocycles. The van der Waals surface area contributed by atoms with Gasteiger partial charge in [-0.25, -0.2) is 0 Å². The van der Waals surface area contributed by atoms with E-state index in [1.54, 1.807) is 20.8 Å². The van der Waals surface area contributed by atoms with Crippen molar-refractivity contribution in [2.45, 2.75) is 32.9 Å². The van der Waals surface area contributed by atoms with Gasteiger partial charge in [0.25, 0.3) is 0 Å². The molecule has 1 heterocycles. The largest absolute Gasteiger partial charge is 0.480 e. The van der Waals surface area contributed by atoms with Crippen molar-refractivity contribution < 1.29 is 14.4 Å². The number of hydrogen-bond acceptors (Lipinski definition) is 5. The number of hydrogen-bond donors (Lipinski definition) is 2. The molecule has 78 valence electrons. The number of aliphatic carboxylic acids is 1. The molecule has 6 heteroatoms. The second kappa shape index (κ2) is 3.75. The van der Waals surface area contributed by atoms with E-state index in [0.29, 0.717) is 11.7 Å². The number of aromatic nitrogens is 2. The number of rotatable bonds is 4. The molecule has 14 heavy (non-hydrogen) atoms. The number of aryl methyl sites for hydroxylation is 1. The smallest absolute Gasteiger partial charge is 0.323 e. The topological polar surface area (TPSA) is 88.2 Å². The highest BCUT2D eigenvalue weighted by molar-refractivity contribution is 5.77. The Morgan fingerprint density at radius 3 is 2.71 bits per heavy atom. The van der Waals surface area contributed by atoms with Crippen molar-refractivity contribution in [1.29, 1.82) is 0 Å². The van der Waals surface area contributed by atoms with Crippen molar-refractivity contribution in [1.82, 2.24) is 15.5 Å². The Bertz CT molecular complexity index is 332. The maximum atomic E-state index is 10.7. The molecule has 6 nitrogen and oxygen atoms in total. The van der Waals surface area contributed by atoms with Gasteiger partial charge in [0.2, 0.25) is 5.89 Å². The van der Waals surface area contributed by atoms with Crippen LogP contribution in [0.15, 0.2) is 4.52 Å². The van der Waals surface area contributed by atoms with Crippen LogP contribution in [0.5, 0.6) is 0 Å². The zero-order valence-corrected chi connectivity index (χ0v) is 8.37. The van der Waals surface area contributed by atoms with Crippen LogP contribution >= 0.6 is 0 Å². The first-order valence-corrected chi connectivity index (χ1v) is 4.19. The Morgan fingerprint density at radius 1 is 1.64 bits per heavy atom. The van der Waals surface area contributed by atoms with Gasteiger partial charge in [-0.15, -0.1) is 0 Å². The zero-order valence-electron chi connectivity index (χ0n) is 8.37. The van der Waals surface area contributed by atoms with E-state index in [0.717, 1.165) is 0 Å². The average molecular weight is 199 g/mol. The van der Waals surface area contributed by atoms with Crippen molar-refractivity contribution in [2.75, 3.05) is 0 Å². The summed E-state index contributed by atoms with van der Waals surface area (Å²) >= 11 is 0. The van der Waals surface area contributed by atoms with Crippen LogP contribution in [0.2, 0.25) is 0 Å². The van der Waals surface area contributed by atoms with E-state index in [1.807, 2.05) is 0 Å². The maximum Gasteiger partial charge on any atom is 0.323 e. The summed E-state index contributed by atoms with van der Waals surface area (Å²) in [5, 5.41) is 15.2. The van der Waals surface area contributed by atoms with E-state index >= 15 is 0 Å². The number of carbonyl (C=O) groups is 1. The van der Waals surface area contributed by atoms with Crippen LogP contribution in [-0.4, -0.2) is 26.8 Å². The van der Waals surface area contributed by atoms with Crippen LogP contribution in [0.3, 0.4) is 0 Å². The van der Waals surface area contributed by atoms with Crippen molar-refractivity contribution in [2.24, 2.45) is 0 Å². The molecule has 0 aromatic carbocycles. The van der Waals surface area contributed by atoms with Gasteiger partial charge in [0, 0.05) is 0 Å². The van der Waals surface area contributed by atoms with E-state index < -0.39 is 11.5 Å². The van der Waals surface area contributed by atoms with E-state index in [4.69, 9.17) is 9.63 Å². The van der Waals surface area contributed by atoms with Gasteiger partial charge in [0.1, 0.15) is 5.54 Å². The van der Waals surface area contributed by atoms with E-state index in [2.05, 4.69) is 15.5 Å². The molecule has 0 aliphatic rings. The highest BCUT2D eigenvalue weighted by atomic mass is 16.5. The molecule has 1 aromatic rings. The van der Waals surface area contributed by atoms with Crippen LogP contribution in [0.25, 0.3) is 0 Å². The normalized spacial score (nSPS) is 11.6. The van der Waals surface area contributed by atoms with Gasteiger partial charge in [0.05, 0.1) is 6.54 Å². The van der Waals surface area contributed by atoms with Crippen LogP contribution in [0.4, 0.5) is 0 Å². The third-order valence-electron chi connectivity index (χ3n) is 1.79. The molecule has 0 spiro atoms. The molecule has 0 radical (unpaired) electrons. The van der Waals surface area contributed by atoms with Gasteiger partial charge < -0.3 is 9.63 Å². The number of nitrogens with one attached hydrogen (secondary N) is 1. The molecule has 0 unspecified atom stereocenters. The Kier molecular flexibility index (Phi) is 2.85. The monoisotopic (exact) mass is 199 g/mol. The van der Waals surface area contributed by atoms with E-state index in [-0.39, 0.29) is 6.54 Å². The van der Waals surface area contributed by atoms with Crippen molar-refractivity contribution in [3.05, 3.63) is 11.7 Å². The van der Waals surface area contributed by atoms with E-state index in [1.165, 1.54) is 0 Å². The van der Waals surface area contributed by atoms with Crippen molar-refractivity contribution in [3.8, 4) is 0 Å². The fraction of sp³-hybridized carbons (Fsp3) is 0.625. The third kappa shape index (κ3) is 2.53. The highest BCUT2D eigenvalue weighted by Crippen LogP contribution is 2.04. The highest BCUT2D eigenvalue weighted by Gasteiger charge is 2.26. The summed E-state index contributed by atoms with van der Waals surface area (Å²) in [6.45, 7) is 5.09. The lowest BCUT2D eigenvalue weighted by atomic mass is 10.1. The summed E-state index contributed by atoms with van der Waals surface area (Å²) in [6.07, 6.45) is 0. The molecule has 0 amide bonds. The molecule has 0 saturated heterocycles. The summed E-state index contributed by atoms with van der Waals surface area (Å²) in [7, 11) is 0. The minimum Gasteiger partial charge on any atom is -0.480 e. The lowest BCUT2D eigenvalue weighted by Gasteiger charge is -2.19. The van der Waals surface area contributed by atoms with Crippen molar-refractivity contribution in [3.63, 3.8) is 0 Å². The molecule has 0 bridgehead atoms. The molecule has 0 aliphatic carbocycles. The Hall–Kier alpha value is -1.43. The Balaban J connectivity index is 2.52. The third-order valence-corrected chi connectivity index (χ3v) is 1.79. The SMILES string of the molecule is Cc1noc(CNC(C)(C)C(=O)O)n1. The fourth-order valence-corrected chi connectivity index (χ4v) is 0.784. The molecule has 0 fully saturated rings. The minimum atomic E-state index is -0.998. The molecule has 0 atom stereocenters. The molecule has 0 saturated carbocycles. The lowest BCUT2D eigenvalue weighted by molar-refractivity contribution is -0.143. The first-order valence-electron chi connectivity index (χ1n) is 4.19. The summed E-state index contributed by atoms with van der Waals surface area (Å²) in [4.78, 5) is 14.7. The first kappa shape index (κ1) is 10.6. The summed E-state index contributed by atoms with van der Waals surface area (Å²) in [5.41, 5.74) is -0.998. The zero-order chi connectivity index (χ0) is 10.8. The summed E-state index contributed by atoms with van der Waals surface area (Å²) < 4.78 is 4.82. The van der Waals surface area contributed by atoms with Crippen LogP contribution in [0, 0.1) is 6.92 Å². The second-order valence-electron chi connectivity index (χ2n) is 3.52. The van der Waals surface area contributed by atoms with E-state index in [9.17, 15) is 4.79 Å². The number of carboxylic acid groups (broad SMARTS) is 1. The fourth-order valence-electron chi connectivity index (χ4n) is 0.784. The van der Waals surface area contributed by atoms with Gasteiger partial charge in [-0.1, -0.05) is 5.16 Å². The molecular weight excluding hydrogens is 186 g/mol. The van der Waals surface area contributed by atoms with Gasteiger partial charge in [0.15, 0.2) is 5.82 Å². The Labute approximate surface area is 81.3 Å². The quantitative estimate of drug-likeness (QED) is 0.726. The standard InChI is InChI=1S/C8H13N3O3/c1-5-10-6(14-11-5)4-9-8(2,3)7(12)13/h9H,4H2,1-3H3,(H,12,13). The maximum absolute atomic E-state index is 10.7. The molecule has 2 N–H and O–H groups in total. The van der Waals surface area contributed by atoms with Gasteiger partial charge in [-0.2, -0.15) is 4.98 Å². The molecule has 1 rings (SSSR count). The Morgan fingerprint density at radius 2 is 2.29 bits per heavy atom. The average Bonchev–Trinajstić information content (AvgIpc) is 2.48. The predicted octanol–water partition coefficient (Wildman–Crippen LogP) is 0.331. The molecule has 1 aromatic heterocycles.